The zero-order valence-electron chi connectivity index (χ0n) is 22.4. The summed E-state index contributed by atoms with van der Waals surface area (Å²) in [5.74, 6) is -0.605. The predicted octanol–water partition coefficient (Wildman–Crippen LogP) is 4.54. The van der Waals surface area contributed by atoms with Gasteiger partial charge in [-0.3, -0.25) is 19.3 Å². The lowest BCUT2D eigenvalue weighted by Crippen LogP contribution is -2.59. The first-order chi connectivity index (χ1) is 18.4. The van der Waals surface area contributed by atoms with E-state index in [2.05, 4.69) is 5.32 Å². The van der Waals surface area contributed by atoms with Crippen LogP contribution >= 0.6 is 0 Å². The third kappa shape index (κ3) is 6.43. The van der Waals surface area contributed by atoms with E-state index in [1.807, 2.05) is 26.8 Å². The standard InChI is InChI=1S/C29H34F3N3O4/c1-19(2)14-25(36)34-12-10-28(11-13-34)35(27(38)22-8-4-6-20(3)15-22)24(18-39-28)26(37)33-17-21-7-5-9-23(16-21)29(30,31)32/h4-9,15-16,19,24H,10-14,17-18H2,1-3H3,(H,33,37). The van der Waals surface area contributed by atoms with Gasteiger partial charge in [0.15, 0.2) is 0 Å². The first-order valence-corrected chi connectivity index (χ1v) is 13.2. The van der Waals surface area contributed by atoms with Crippen LogP contribution < -0.4 is 5.32 Å². The summed E-state index contributed by atoms with van der Waals surface area (Å²) in [6, 6.07) is 10.8. The van der Waals surface area contributed by atoms with Crippen LogP contribution in [0.15, 0.2) is 48.5 Å². The predicted molar refractivity (Wildman–Crippen MR) is 138 cm³/mol. The number of carbonyl (C=O) groups excluding carboxylic acids is 3. The fourth-order valence-electron chi connectivity index (χ4n) is 5.23. The Labute approximate surface area is 226 Å². The molecule has 2 fully saturated rings. The SMILES string of the molecule is Cc1cccc(C(=O)N2C(C(=O)NCc3cccc(C(F)(F)F)c3)COC23CCN(C(=O)CC(C)C)CC3)c1. The molecule has 0 saturated carbocycles. The maximum atomic E-state index is 13.8. The Balaban J connectivity index is 1.54. The van der Waals surface area contributed by atoms with Crippen LogP contribution in [0.1, 0.15) is 60.2 Å². The molecule has 7 nitrogen and oxygen atoms in total. The minimum absolute atomic E-state index is 0.0461. The van der Waals surface area contributed by atoms with Crippen LogP contribution in [0, 0.1) is 12.8 Å². The number of likely N-dealkylation sites (tertiary alicyclic amines) is 1. The minimum atomic E-state index is -4.49. The van der Waals surface area contributed by atoms with Gasteiger partial charge in [-0.05, 0) is 42.7 Å². The fourth-order valence-corrected chi connectivity index (χ4v) is 5.23. The monoisotopic (exact) mass is 545 g/mol. The Morgan fingerprint density at radius 3 is 2.41 bits per heavy atom. The van der Waals surface area contributed by atoms with Gasteiger partial charge in [0, 0.05) is 44.5 Å². The van der Waals surface area contributed by atoms with Crippen LogP contribution in [0.4, 0.5) is 13.2 Å². The van der Waals surface area contributed by atoms with E-state index in [0.29, 0.717) is 43.5 Å². The van der Waals surface area contributed by atoms with Crippen molar-refractivity contribution in [3.8, 4) is 0 Å². The molecule has 2 aromatic rings. The number of piperidine rings is 1. The molecule has 0 radical (unpaired) electrons. The number of benzene rings is 2. The van der Waals surface area contributed by atoms with E-state index in [-0.39, 0.29) is 30.9 Å². The number of hydrogen-bond acceptors (Lipinski definition) is 4. The lowest BCUT2D eigenvalue weighted by atomic mass is 9.95. The number of nitrogens with zero attached hydrogens (tertiary/aromatic N) is 2. The van der Waals surface area contributed by atoms with Crippen molar-refractivity contribution < 1.29 is 32.3 Å². The van der Waals surface area contributed by atoms with Crippen LogP contribution in [0.5, 0.6) is 0 Å². The number of amides is 3. The van der Waals surface area contributed by atoms with Gasteiger partial charge in [-0.15, -0.1) is 0 Å². The highest BCUT2D eigenvalue weighted by atomic mass is 19.4. The van der Waals surface area contributed by atoms with Crippen molar-refractivity contribution in [2.24, 2.45) is 5.92 Å². The highest BCUT2D eigenvalue weighted by Crippen LogP contribution is 2.39. The van der Waals surface area contributed by atoms with E-state index in [1.165, 1.54) is 17.0 Å². The zero-order chi connectivity index (χ0) is 28.4. The molecule has 0 bridgehead atoms. The van der Waals surface area contributed by atoms with Crippen molar-refractivity contribution >= 4 is 17.7 Å². The summed E-state index contributed by atoms with van der Waals surface area (Å²) in [4.78, 5) is 43.1. The molecule has 2 saturated heterocycles. The van der Waals surface area contributed by atoms with Gasteiger partial charge >= 0.3 is 6.18 Å². The van der Waals surface area contributed by atoms with Crippen molar-refractivity contribution in [3.63, 3.8) is 0 Å². The Morgan fingerprint density at radius 2 is 1.77 bits per heavy atom. The molecular weight excluding hydrogens is 511 g/mol. The van der Waals surface area contributed by atoms with E-state index in [4.69, 9.17) is 4.74 Å². The Bertz CT molecular complexity index is 1220. The number of carbonyl (C=O) groups is 3. The van der Waals surface area contributed by atoms with Gasteiger partial charge in [0.25, 0.3) is 5.91 Å². The first kappa shape index (κ1) is 28.6. The summed E-state index contributed by atoms with van der Waals surface area (Å²) in [5, 5.41) is 2.69. The van der Waals surface area contributed by atoms with Crippen LogP contribution in [0.25, 0.3) is 0 Å². The second-order valence-corrected chi connectivity index (χ2v) is 10.7. The van der Waals surface area contributed by atoms with Crippen LogP contribution in [-0.4, -0.2) is 59.0 Å². The summed E-state index contributed by atoms with van der Waals surface area (Å²) < 4.78 is 45.5. The lowest BCUT2D eigenvalue weighted by molar-refractivity contribution is -0.144. The van der Waals surface area contributed by atoms with Crippen molar-refractivity contribution in [3.05, 3.63) is 70.8 Å². The number of rotatable bonds is 6. The van der Waals surface area contributed by atoms with Crippen molar-refractivity contribution in [2.45, 2.75) is 64.5 Å². The smallest absolute Gasteiger partial charge is 0.353 e. The number of hydrogen-bond donors (Lipinski definition) is 1. The van der Waals surface area contributed by atoms with Gasteiger partial charge in [-0.25, -0.2) is 0 Å². The van der Waals surface area contributed by atoms with E-state index < -0.39 is 29.4 Å². The Kier molecular flexibility index (Phi) is 8.34. The third-order valence-corrected chi connectivity index (χ3v) is 7.25. The normalized spacial score (nSPS) is 19.0. The first-order valence-electron chi connectivity index (χ1n) is 13.2. The maximum absolute atomic E-state index is 13.8. The van der Waals surface area contributed by atoms with Crippen molar-refractivity contribution in [1.29, 1.82) is 0 Å². The molecule has 1 unspecified atom stereocenters. The van der Waals surface area contributed by atoms with E-state index in [1.54, 1.807) is 23.1 Å². The van der Waals surface area contributed by atoms with Crippen LogP contribution in [0.2, 0.25) is 0 Å². The van der Waals surface area contributed by atoms with E-state index in [9.17, 15) is 27.6 Å². The highest BCUT2D eigenvalue weighted by molar-refractivity contribution is 5.98. The summed E-state index contributed by atoms with van der Waals surface area (Å²) in [6.45, 7) is 6.43. The lowest BCUT2D eigenvalue weighted by Gasteiger charge is -2.44. The molecule has 2 heterocycles. The number of ether oxygens (including phenoxy) is 1. The number of alkyl halides is 3. The molecule has 2 aromatic carbocycles. The number of aryl methyl sites for hydroxylation is 1. The Hall–Kier alpha value is -3.40. The quantitative estimate of drug-likeness (QED) is 0.579. The summed E-state index contributed by atoms with van der Waals surface area (Å²) in [5.41, 5.74) is -0.274. The van der Waals surface area contributed by atoms with Gasteiger partial charge < -0.3 is 15.0 Å². The average molecular weight is 546 g/mol. The molecule has 2 aliphatic rings. The Morgan fingerprint density at radius 1 is 1.08 bits per heavy atom. The van der Waals surface area contributed by atoms with Crippen molar-refractivity contribution in [1.82, 2.24) is 15.1 Å². The van der Waals surface area contributed by atoms with Gasteiger partial charge in [0.1, 0.15) is 11.8 Å². The average Bonchev–Trinajstić information content (AvgIpc) is 3.25. The summed E-state index contributed by atoms with van der Waals surface area (Å²) in [7, 11) is 0. The molecular formula is C29H34F3N3O4. The fraction of sp³-hybridized carbons (Fsp3) is 0.483. The van der Waals surface area contributed by atoms with Gasteiger partial charge in [0.2, 0.25) is 11.8 Å². The highest BCUT2D eigenvalue weighted by Gasteiger charge is 2.54. The molecule has 1 spiro atoms. The van der Waals surface area contributed by atoms with Gasteiger partial charge in [-0.2, -0.15) is 13.2 Å². The number of halogens is 3. The molecule has 2 aliphatic heterocycles. The molecule has 210 valence electrons. The summed E-state index contributed by atoms with van der Waals surface area (Å²) >= 11 is 0. The molecule has 10 heteroatoms. The minimum Gasteiger partial charge on any atom is -0.353 e. The molecule has 4 rings (SSSR count). The second-order valence-electron chi connectivity index (χ2n) is 10.7. The van der Waals surface area contributed by atoms with Crippen LogP contribution in [-0.2, 0) is 27.0 Å². The zero-order valence-corrected chi connectivity index (χ0v) is 22.4. The maximum Gasteiger partial charge on any atom is 0.416 e. The molecule has 3 amide bonds. The largest absolute Gasteiger partial charge is 0.416 e. The molecule has 1 N–H and O–H groups in total. The second kappa shape index (κ2) is 11.4. The van der Waals surface area contributed by atoms with E-state index in [0.717, 1.165) is 17.7 Å². The van der Waals surface area contributed by atoms with E-state index >= 15 is 0 Å². The summed E-state index contributed by atoms with van der Waals surface area (Å²) in [6.07, 6.45) is -3.36. The third-order valence-electron chi connectivity index (χ3n) is 7.25. The molecule has 0 aromatic heterocycles. The topological polar surface area (TPSA) is 79.0 Å². The molecule has 1 atom stereocenters. The van der Waals surface area contributed by atoms with Crippen LogP contribution in [0.3, 0.4) is 0 Å². The van der Waals surface area contributed by atoms with Gasteiger partial charge in [-0.1, -0.05) is 43.7 Å². The number of nitrogens with one attached hydrogen (secondary N) is 1. The van der Waals surface area contributed by atoms with Gasteiger partial charge in [0.05, 0.1) is 12.2 Å². The molecule has 39 heavy (non-hydrogen) atoms. The van der Waals surface area contributed by atoms with Crippen molar-refractivity contribution in [2.75, 3.05) is 19.7 Å². The molecule has 0 aliphatic carbocycles.